The third-order valence-electron chi connectivity index (χ3n) is 3.43. The van der Waals surface area contributed by atoms with E-state index < -0.39 is 5.54 Å². The fourth-order valence-electron chi connectivity index (χ4n) is 2.19. The number of thioether (sulfide) groups is 1. The van der Waals surface area contributed by atoms with Crippen LogP contribution in [0.4, 0.5) is 4.39 Å². The van der Waals surface area contributed by atoms with Gasteiger partial charge >= 0.3 is 0 Å². The van der Waals surface area contributed by atoms with Crippen LogP contribution < -0.4 is 5.32 Å². The van der Waals surface area contributed by atoms with Crippen molar-refractivity contribution in [2.75, 3.05) is 12.8 Å². The predicted molar refractivity (Wildman–Crippen MR) is 84.5 cm³/mol. The summed E-state index contributed by atoms with van der Waals surface area (Å²) in [5.41, 5.74) is 0.247. The van der Waals surface area contributed by atoms with Gasteiger partial charge in [-0.3, -0.25) is 5.32 Å². The van der Waals surface area contributed by atoms with Gasteiger partial charge < -0.3 is 0 Å². The number of nitriles is 1. The standard InChI is InChI=1S/C17H17FN2S/c1-20-17(13-19,14-6-3-2-4-7-14)10-11-21-16-9-5-8-15(18)12-16/h2-9,12,20H,10-11H2,1H3. The molecule has 0 aliphatic rings. The van der Waals surface area contributed by atoms with Crippen LogP contribution in [-0.2, 0) is 5.54 Å². The molecule has 1 N–H and O–H groups in total. The lowest BCUT2D eigenvalue weighted by molar-refractivity contribution is 0.457. The first-order valence-electron chi connectivity index (χ1n) is 6.74. The molecule has 4 heteroatoms. The monoisotopic (exact) mass is 300 g/mol. The molecule has 2 aromatic rings. The van der Waals surface area contributed by atoms with Crippen molar-refractivity contribution in [2.45, 2.75) is 16.9 Å². The van der Waals surface area contributed by atoms with Gasteiger partial charge in [0, 0.05) is 10.6 Å². The van der Waals surface area contributed by atoms with Crippen LogP contribution in [-0.4, -0.2) is 12.8 Å². The Labute approximate surface area is 129 Å². The Kier molecular flexibility index (Phi) is 5.38. The molecule has 0 aromatic heterocycles. The van der Waals surface area contributed by atoms with E-state index in [1.54, 1.807) is 24.9 Å². The molecule has 0 fully saturated rings. The lowest BCUT2D eigenvalue weighted by atomic mass is 9.89. The van der Waals surface area contributed by atoms with E-state index in [1.165, 1.54) is 12.1 Å². The molecule has 0 aliphatic heterocycles. The van der Waals surface area contributed by atoms with Gasteiger partial charge in [-0.05, 0) is 37.2 Å². The summed E-state index contributed by atoms with van der Waals surface area (Å²) in [5.74, 6) is 0.496. The largest absolute Gasteiger partial charge is 0.299 e. The minimum Gasteiger partial charge on any atom is -0.299 e. The van der Waals surface area contributed by atoms with Gasteiger partial charge in [0.05, 0.1) is 6.07 Å². The minimum atomic E-state index is -0.707. The van der Waals surface area contributed by atoms with Gasteiger partial charge in [0.15, 0.2) is 0 Å². The van der Waals surface area contributed by atoms with Crippen LogP contribution in [0.3, 0.4) is 0 Å². The van der Waals surface area contributed by atoms with E-state index in [9.17, 15) is 9.65 Å². The van der Waals surface area contributed by atoms with Crippen molar-refractivity contribution in [1.82, 2.24) is 5.32 Å². The average Bonchev–Trinajstić information content (AvgIpc) is 2.53. The number of hydrogen-bond donors (Lipinski definition) is 1. The number of nitrogens with zero attached hydrogens (tertiary/aromatic N) is 1. The average molecular weight is 300 g/mol. The van der Waals surface area contributed by atoms with E-state index in [2.05, 4.69) is 11.4 Å². The smallest absolute Gasteiger partial charge is 0.132 e. The fourth-order valence-corrected chi connectivity index (χ4v) is 3.21. The first kappa shape index (κ1) is 15.6. The Morgan fingerprint density at radius 1 is 1.19 bits per heavy atom. The summed E-state index contributed by atoms with van der Waals surface area (Å²) in [7, 11) is 1.79. The van der Waals surface area contributed by atoms with Gasteiger partial charge in [-0.2, -0.15) is 5.26 Å². The third-order valence-corrected chi connectivity index (χ3v) is 4.42. The summed E-state index contributed by atoms with van der Waals surface area (Å²) < 4.78 is 13.1. The van der Waals surface area contributed by atoms with E-state index in [-0.39, 0.29) is 5.82 Å². The maximum absolute atomic E-state index is 13.1. The quantitative estimate of drug-likeness (QED) is 0.821. The Morgan fingerprint density at radius 3 is 2.57 bits per heavy atom. The van der Waals surface area contributed by atoms with E-state index in [4.69, 9.17) is 0 Å². The highest BCUT2D eigenvalue weighted by Crippen LogP contribution is 2.28. The maximum atomic E-state index is 13.1. The minimum absolute atomic E-state index is 0.233. The van der Waals surface area contributed by atoms with Gasteiger partial charge in [-0.15, -0.1) is 11.8 Å². The Bertz CT molecular complexity index is 624. The molecule has 1 atom stereocenters. The van der Waals surface area contributed by atoms with Gasteiger partial charge in [-0.1, -0.05) is 36.4 Å². The first-order valence-corrected chi connectivity index (χ1v) is 7.73. The van der Waals surface area contributed by atoms with Crippen molar-refractivity contribution >= 4 is 11.8 Å². The zero-order valence-electron chi connectivity index (χ0n) is 11.8. The van der Waals surface area contributed by atoms with Crippen molar-refractivity contribution in [2.24, 2.45) is 0 Å². The van der Waals surface area contributed by atoms with Gasteiger partial charge in [-0.25, -0.2) is 4.39 Å². The van der Waals surface area contributed by atoms with E-state index in [0.717, 1.165) is 16.2 Å². The molecule has 2 aromatic carbocycles. The summed E-state index contributed by atoms with van der Waals surface area (Å²) in [5, 5.41) is 12.7. The van der Waals surface area contributed by atoms with Crippen LogP contribution in [0.15, 0.2) is 59.5 Å². The second kappa shape index (κ2) is 7.26. The molecule has 0 radical (unpaired) electrons. The highest BCUT2D eigenvalue weighted by atomic mass is 32.2. The van der Waals surface area contributed by atoms with E-state index >= 15 is 0 Å². The predicted octanol–water partition coefficient (Wildman–Crippen LogP) is 3.95. The molecule has 108 valence electrons. The molecule has 0 heterocycles. The molecular weight excluding hydrogens is 283 g/mol. The van der Waals surface area contributed by atoms with Gasteiger partial charge in [0.1, 0.15) is 11.4 Å². The van der Waals surface area contributed by atoms with Gasteiger partial charge in [0.2, 0.25) is 0 Å². The molecule has 0 saturated carbocycles. The molecule has 0 spiro atoms. The fraction of sp³-hybridized carbons (Fsp3) is 0.235. The Morgan fingerprint density at radius 2 is 1.95 bits per heavy atom. The third kappa shape index (κ3) is 3.84. The van der Waals surface area contributed by atoms with E-state index in [1.807, 2.05) is 36.4 Å². The zero-order chi connectivity index (χ0) is 15.1. The summed E-state index contributed by atoms with van der Waals surface area (Å²) in [6.07, 6.45) is 0.644. The molecule has 0 amide bonds. The van der Waals surface area contributed by atoms with Crippen molar-refractivity contribution < 1.29 is 4.39 Å². The lowest BCUT2D eigenvalue weighted by Gasteiger charge is -2.26. The summed E-state index contributed by atoms with van der Waals surface area (Å²) in [6, 6.07) is 18.6. The SMILES string of the molecule is CNC(C#N)(CCSc1cccc(F)c1)c1ccccc1. The normalized spacial score (nSPS) is 13.4. The van der Waals surface area contributed by atoms with Crippen molar-refractivity contribution in [3.8, 4) is 6.07 Å². The zero-order valence-corrected chi connectivity index (χ0v) is 12.7. The number of halogens is 1. The summed E-state index contributed by atoms with van der Waals surface area (Å²) in [4.78, 5) is 0.881. The van der Waals surface area contributed by atoms with Crippen LogP contribution in [0.5, 0.6) is 0 Å². The lowest BCUT2D eigenvalue weighted by Crippen LogP contribution is -2.39. The summed E-state index contributed by atoms with van der Waals surface area (Å²) >= 11 is 1.56. The number of nitrogens with one attached hydrogen (secondary N) is 1. The highest BCUT2D eigenvalue weighted by Gasteiger charge is 2.29. The van der Waals surface area contributed by atoms with Gasteiger partial charge in [0.25, 0.3) is 0 Å². The number of hydrogen-bond acceptors (Lipinski definition) is 3. The molecule has 0 bridgehead atoms. The molecule has 0 saturated heterocycles. The molecule has 0 aliphatic carbocycles. The molecular formula is C17H17FN2S. The number of rotatable bonds is 6. The van der Waals surface area contributed by atoms with E-state index in [0.29, 0.717) is 6.42 Å². The topological polar surface area (TPSA) is 35.8 Å². The summed E-state index contributed by atoms with van der Waals surface area (Å²) in [6.45, 7) is 0. The molecule has 2 rings (SSSR count). The Balaban J connectivity index is 2.06. The second-order valence-electron chi connectivity index (χ2n) is 4.69. The van der Waals surface area contributed by atoms with Crippen LogP contribution in [0.2, 0.25) is 0 Å². The van der Waals surface area contributed by atoms with Crippen LogP contribution in [0.1, 0.15) is 12.0 Å². The van der Waals surface area contributed by atoms with Crippen molar-refractivity contribution in [3.05, 3.63) is 66.0 Å². The molecule has 21 heavy (non-hydrogen) atoms. The number of benzene rings is 2. The first-order chi connectivity index (χ1) is 10.2. The van der Waals surface area contributed by atoms with Crippen molar-refractivity contribution in [1.29, 1.82) is 5.26 Å². The van der Waals surface area contributed by atoms with Crippen molar-refractivity contribution in [3.63, 3.8) is 0 Å². The van der Waals surface area contributed by atoms with Crippen LogP contribution in [0.25, 0.3) is 0 Å². The molecule has 1 unspecified atom stereocenters. The second-order valence-corrected chi connectivity index (χ2v) is 5.86. The van der Waals surface area contributed by atoms with Crippen LogP contribution >= 0.6 is 11.8 Å². The highest BCUT2D eigenvalue weighted by molar-refractivity contribution is 7.99. The Hall–Kier alpha value is -1.83. The van der Waals surface area contributed by atoms with Crippen LogP contribution in [0, 0.1) is 17.1 Å². The molecule has 2 nitrogen and oxygen atoms in total. The maximum Gasteiger partial charge on any atom is 0.132 e.